The molecule has 4 rings (SSSR count). The maximum absolute atomic E-state index is 12.4. The van der Waals surface area contributed by atoms with E-state index >= 15 is 0 Å². The highest BCUT2D eigenvalue weighted by Gasteiger charge is 2.22. The standard InChI is InChI=1S/C16H13Cl2N5O2S/c1-22-14(25)3-2-11-15(22)19-7-23(11)6-13(24)21-16-20-10-4-8(17)9(18)5-12(10)26-16/h2-5,7,14,25H,6H2,1H3,(H,20,21,24). The van der Waals surface area contributed by atoms with Crippen molar-refractivity contribution in [3.63, 3.8) is 0 Å². The largest absolute Gasteiger partial charge is 0.370 e. The van der Waals surface area contributed by atoms with Crippen molar-refractivity contribution in [3.8, 4) is 0 Å². The molecule has 1 aliphatic rings. The minimum Gasteiger partial charge on any atom is -0.370 e. The monoisotopic (exact) mass is 409 g/mol. The van der Waals surface area contributed by atoms with Crippen molar-refractivity contribution in [2.24, 2.45) is 0 Å². The number of amides is 1. The smallest absolute Gasteiger partial charge is 0.246 e. The van der Waals surface area contributed by atoms with Gasteiger partial charge in [0.15, 0.2) is 10.9 Å². The first-order chi connectivity index (χ1) is 12.4. The van der Waals surface area contributed by atoms with Crippen LogP contribution in [0.4, 0.5) is 10.9 Å². The summed E-state index contributed by atoms with van der Waals surface area (Å²) in [6.45, 7) is 0.0774. The van der Waals surface area contributed by atoms with Crippen molar-refractivity contribution < 1.29 is 9.90 Å². The van der Waals surface area contributed by atoms with Crippen molar-refractivity contribution >= 4 is 67.7 Å². The van der Waals surface area contributed by atoms with Crippen molar-refractivity contribution in [1.82, 2.24) is 14.5 Å². The first-order valence-corrected chi connectivity index (χ1v) is 9.19. The second-order valence-corrected chi connectivity index (χ2v) is 7.61. The number of carbonyl (C=O) groups excluding carboxylic acids is 1. The van der Waals surface area contributed by atoms with Crippen molar-refractivity contribution in [1.29, 1.82) is 0 Å². The van der Waals surface area contributed by atoms with Gasteiger partial charge >= 0.3 is 0 Å². The van der Waals surface area contributed by atoms with Crippen molar-refractivity contribution in [3.05, 3.63) is 40.3 Å². The van der Waals surface area contributed by atoms with E-state index in [1.54, 1.807) is 47.1 Å². The number of anilines is 2. The van der Waals surface area contributed by atoms with Gasteiger partial charge in [0.05, 0.1) is 32.3 Å². The molecule has 134 valence electrons. The Hall–Kier alpha value is -2.13. The van der Waals surface area contributed by atoms with E-state index in [4.69, 9.17) is 23.2 Å². The highest BCUT2D eigenvalue weighted by molar-refractivity contribution is 7.22. The summed E-state index contributed by atoms with van der Waals surface area (Å²) in [5.74, 6) is 0.390. The van der Waals surface area contributed by atoms with E-state index in [1.165, 1.54) is 11.3 Å². The van der Waals surface area contributed by atoms with Crippen LogP contribution < -0.4 is 10.2 Å². The normalized spacial score (nSPS) is 16.2. The fourth-order valence-corrected chi connectivity index (χ4v) is 3.96. The zero-order valence-corrected chi connectivity index (χ0v) is 15.8. The van der Waals surface area contributed by atoms with Gasteiger partial charge in [-0.3, -0.25) is 4.79 Å². The Morgan fingerprint density at radius 2 is 2.15 bits per heavy atom. The topological polar surface area (TPSA) is 83.3 Å². The second kappa shape index (κ2) is 6.55. The van der Waals surface area contributed by atoms with E-state index in [1.807, 2.05) is 0 Å². The fraction of sp³-hybridized carbons (Fsp3) is 0.188. The van der Waals surface area contributed by atoms with Gasteiger partial charge in [-0.05, 0) is 24.3 Å². The molecule has 0 saturated heterocycles. The van der Waals surface area contributed by atoms with Crippen molar-refractivity contribution in [2.75, 3.05) is 17.3 Å². The summed E-state index contributed by atoms with van der Waals surface area (Å²) >= 11 is 13.3. The van der Waals surface area contributed by atoms with E-state index in [-0.39, 0.29) is 12.5 Å². The number of aliphatic hydroxyl groups is 1. The summed E-state index contributed by atoms with van der Waals surface area (Å²) in [5, 5.41) is 13.9. The lowest BCUT2D eigenvalue weighted by molar-refractivity contribution is -0.116. The summed E-state index contributed by atoms with van der Waals surface area (Å²) in [7, 11) is 1.74. The van der Waals surface area contributed by atoms with Gasteiger partial charge in [-0.25, -0.2) is 9.97 Å². The number of nitrogens with zero attached hydrogens (tertiary/aromatic N) is 4. The van der Waals surface area contributed by atoms with Gasteiger partial charge in [-0.2, -0.15) is 0 Å². The van der Waals surface area contributed by atoms with Gasteiger partial charge in [0, 0.05) is 7.05 Å². The Kier molecular flexibility index (Phi) is 4.36. The number of rotatable bonds is 3. The molecule has 0 fully saturated rings. The lowest BCUT2D eigenvalue weighted by atomic mass is 10.2. The van der Waals surface area contributed by atoms with Gasteiger partial charge in [-0.15, -0.1) is 0 Å². The molecule has 1 aromatic carbocycles. The molecular weight excluding hydrogens is 397 g/mol. The van der Waals surface area contributed by atoms with Crippen LogP contribution in [0, 0.1) is 0 Å². The fourth-order valence-electron chi connectivity index (χ4n) is 2.67. The van der Waals surface area contributed by atoms with Crippen molar-refractivity contribution in [2.45, 2.75) is 12.8 Å². The molecule has 3 heterocycles. The summed E-state index contributed by atoms with van der Waals surface area (Å²) in [6, 6.07) is 3.40. The SMILES string of the molecule is CN1c2ncn(CC(=O)Nc3nc4cc(Cl)c(Cl)cc4s3)c2C=CC1O. The summed E-state index contributed by atoms with van der Waals surface area (Å²) in [6.07, 6.45) is 4.24. The average molecular weight is 410 g/mol. The molecule has 2 N–H and O–H groups in total. The third kappa shape index (κ3) is 3.05. The molecule has 26 heavy (non-hydrogen) atoms. The van der Waals surface area contributed by atoms with E-state index in [9.17, 15) is 9.90 Å². The lowest BCUT2D eigenvalue weighted by Crippen LogP contribution is -2.32. The van der Waals surface area contributed by atoms with Gasteiger partial charge < -0.3 is 19.9 Å². The van der Waals surface area contributed by atoms with Crippen LogP contribution in [-0.4, -0.2) is 38.8 Å². The Morgan fingerprint density at radius 3 is 2.96 bits per heavy atom. The highest BCUT2D eigenvalue weighted by Crippen LogP contribution is 2.33. The van der Waals surface area contributed by atoms with E-state index in [2.05, 4.69) is 15.3 Å². The number of imidazole rings is 1. The molecule has 1 amide bonds. The summed E-state index contributed by atoms with van der Waals surface area (Å²) in [5.41, 5.74) is 1.44. The number of nitrogens with one attached hydrogen (secondary N) is 1. The minimum atomic E-state index is -0.721. The van der Waals surface area contributed by atoms with Crippen LogP contribution in [0.15, 0.2) is 24.5 Å². The van der Waals surface area contributed by atoms with Crippen LogP contribution in [0.5, 0.6) is 0 Å². The first-order valence-electron chi connectivity index (χ1n) is 7.62. The number of halogens is 2. The van der Waals surface area contributed by atoms with Crippen LogP contribution in [0.3, 0.4) is 0 Å². The Bertz CT molecular complexity index is 1010. The quantitative estimate of drug-likeness (QED) is 0.693. The zero-order valence-electron chi connectivity index (χ0n) is 13.5. The Labute approximate surface area is 162 Å². The molecule has 0 aliphatic carbocycles. The predicted octanol–water partition coefficient (Wildman–Crippen LogP) is 3.22. The van der Waals surface area contributed by atoms with Crippen LogP contribution in [0.25, 0.3) is 16.3 Å². The maximum atomic E-state index is 12.4. The maximum Gasteiger partial charge on any atom is 0.246 e. The molecule has 3 aromatic rings. The zero-order chi connectivity index (χ0) is 18.4. The number of hydrogen-bond acceptors (Lipinski definition) is 6. The molecule has 1 aliphatic heterocycles. The average Bonchev–Trinajstić information content (AvgIpc) is 3.15. The molecule has 10 heteroatoms. The summed E-state index contributed by atoms with van der Waals surface area (Å²) in [4.78, 5) is 22.6. The minimum absolute atomic E-state index is 0.0774. The molecule has 0 bridgehead atoms. The van der Waals surface area contributed by atoms with Crippen LogP contribution in [-0.2, 0) is 11.3 Å². The number of hydrogen-bond donors (Lipinski definition) is 2. The number of aliphatic hydroxyl groups excluding tert-OH is 1. The third-order valence-corrected chi connectivity index (χ3v) is 5.66. The van der Waals surface area contributed by atoms with E-state index in [0.717, 1.165) is 10.4 Å². The molecular formula is C16H13Cl2N5O2S. The molecule has 7 nitrogen and oxygen atoms in total. The predicted molar refractivity (Wildman–Crippen MR) is 104 cm³/mol. The molecule has 1 unspecified atom stereocenters. The van der Waals surface area contributed by atoms with E-state index in [0.29, 0.717) is 26.5 Å². The molecule has 0 radical (unpaired) electrons. The summed E-state index contributed by atoms with van der Waals surface area (Å²) < 4.78 is 2.55. The van der Waals surface area contributed by atoms with Crippen LogP contribution in [0.1, 0.15) is 5.69 Å². The molecule has 1 atom stereocenters. The molecule has 0 spiro atoms. The molecule has 2 aromatic heterocycles. The number of fused-ring (bicyclic) bond motifs is 2. The van der Waals surface area contributed by atoms with Gasteiger partial charge in [0.1, 0.15) is 12.8 Å². The van der Waals surface area contributed by atoms with Gasteiger partial charge in [0.25, 0.3) is 0 Å². The number of likely N-dealkylation sites (N-methyl/N-ethyl adjacent to an activating group) is 1. The Balaban J connectivity index is 1.52. The first kappa shape index (κ1) is 17.3. The van der Waals surface area contributed by atoms with Crippen LogP contribution >= 0.6 is 34.5 Å². The van der Waals surface area contributed by atoms with Gasteiger partial charge in [-0.1, -0.05) is 34.5 Å². The van der Waals surface area contributed by atoms with Gasteiger partial charge in [0.2, 0.25) is 5.91 Å². The molecule has 0 saturated carbocycles. The number of thiazole rings is 1. The Morgan fingerprint density at radius 1 is 1.38 bits per heavy atom. The third-order valence-electron chi connectivity index (χ3n) is 4.01. The number of aromatic nitrogens is 3. The highest BCUT2D eigenvalue weighted by atomic mass is 35.5. The second-order valence-electron chi connectivity index (χ2n) is 5.77. The number of benzene rings is 1. The van der Waals surface area contributed by atoms with E-state index < -0.39 is 6.23 Å². The number of carbonyl (C=O) groups is 1. The van der Waals surface area contributed by atoms with Crippen LogP contribution in [0.2, 0.25) is 10.0 Å². The lowest BCUT2D eigenvalue weighted by Gasteiger charge is -2.25.